The lowest BCUT2D eigenvalue weighted by atomic mass is 10.3. The minimum absolute atomic E-state index is 0.442. The van der Waals surface area contributed by atoms with Gasteiger partial charge in [-0.3, -0.25) is 0 Å². The highest BCUT2D eigenvalue weighted by Gasteiger charge is 2.28. The smallest absolute Gasteiger partial charge is 0.408 e. The van der Waals surface area contributed by atoms with Crippen molar-refractivity contribution in [1.82, 2.24) is 0 Å². The number of hydrogen-bond donors (Lipinski definition) is 0. The van der Waals surface area contributed by atoms with Crippen molar-refractivity contribution in [2.45, 2.75) is 6.92 Å². The van der Waals surface area contributed by atoms with Crippen molar-refractivity contribution in [2.24, 2.45) is 0 Å². The van der Waals surface area contributed by atoms with Crippen LogP contribution < -0.4 is 9.05 Å². The SMILES string of the molecule is CCSP(=O)(Oc1ccc(Cl)cc1)Oc1ccc(Cl)cc1. The summed E-state index contributed by atoms with van der Waals surface area (Å²) in [7, 11) is 0. The molecule has 0 heterocycles. The Morgan fingerprint density at radius 3 is 1.62 bits per heavy atom. The van der Waals surface area contributed by atoms with Crippen LogP contribution in [0.3, 0.4) is 0 Å². The first-order chi connectivity index (χ1) is 10.0. The molecule has 0 spiro atoms. The van der Waals surface area contributed by atoms with E-state index in [0.717, 1.165) is 11.4 Å². The normalized spacial score (nSPS) is 11.2. The second-order valence-corrected chi connectivity index (χ2v) is 9.04. The maximum atomic E-state index is 12.8. The molecule has 3 nitrogen and oxygen atoms in total. The Hall–Kier alpha value is -0.800. The molecule has 0 amide bonds. The first-order valence-corrected chi connectivity index (χ1v) is 10.0. The van der Waals surface area contributed by atoms with Crippen LogP contribution in [-0.4, -0.2) is 5.75 Å². The van der Waals surface area contributed by atoms with E-state index in [1.165, 1.54) is 0 Å². The number of hydrogen-bond acceptors (Lipinski definition) is 4. The van der Waals surface area contributed by atoms with Crippen molar-refractivity contribution >= 4 is 41.4 Å². The fourth-order valence-electron chi connectivity index (χ4n) is 1.48. The Balaban J connectivity index is 2.17. The molecule has 0 aliphatic rings. The molecule has 0 aliphatic heterocycles. The van der Waals surface area contributed by atoms with E-state index in [2.05, 4.69) is 0 Å². The Morgan fingerprint density at radius 2 is 1.29 bits per heavy atom. The highest BCUT2D eigenvalue weighted by molar-refractivity contribution is 8.55. The molecular weight excluding hydrogens is 350 g/mol. The van der Waals surface area contributed by atoms with Crippen LogP contribution in [0.25, 0.3) is 0 Å². The van der Waals surface area contributed by atoms with Crippen LogP contribution in [0.4, 0.5) is 0 Å². The number of rotatable bonds is 6. The van der Waals surface area contributed by atoms with Crippen molar-refractivity contribution in [2.75, 3.05) is 5.75 Å². The minimum Gasteiger partial charge on any atom is -0.408 e. The van der Waals surface area contributed by atoms with Crippen molar-refractivity contribution in [3.63, 3.8) is 0 Å². The van der Waals surface area contributed by atoms with Crippen molar-refractivity contribution < 1.29 is 13.6 Å². The lowest BCUT2D eigenvalue weighted by Gasteiger charge is -2.18. The molecule has 0 fully saturated rings. The van der Waals surface area contributed by atoms with Crippen LogP contribution in [0.2, 0.25) is 10.0 Å². The van der Waals surface area contributed by atoms with Gasteiger partial charge in [0.2, 0.25) is 0 Å². The fraction of sp³-hybridized carbons (Fsp3) is 0.143. The quantitative estimate of drug-likeness (QED) is 0.563. The summed E-state index contributed by atoms with van der Waals surface area (Å²) >= 11 is 12.8. The summed E-state index contributed by atoms with van der Waals surface area (Å²) in [4.78, 5) is 0. The second kappa shape index (κ2) is 7.46. The van der Waals surface area contributed by atoms with Crippen molar-refractivity contribution in [1.29, 1.82) is 0 Å². The zero-order valence-corrected chi connectivity index (χ0v) is 14.4. The van der Waals surface area contributed by atoms with Crippen LogP contribution in [0.5, 0.6) is 11.5 Å². The molecule has 0 radical (unpaired) electrons. The van der Waals surface area contributed by atoms with Gasteiger partial charge < -0.3 is 9.05 Å². The zero-order valence-electron chi connectivity index (χ0n) is 11.2. The highest BCUT2D eigenvalue weighted by atomic mass is 35.5. The van der Waals surface area contributed by atoms with Gasteiger partial charge in [0, 0.05) is 15.8 Å². The van der Waals surface area contributed by atoms with Gasteiger partial charge in [-0.15, -0.1) is 0 Å². The molecule has 0 bridgehead atoms. The zero-order chi connectivity index (χ0) is 15.3. The third-order valence-corrected chi connectivity index (χ3v) is 6.47. The van der Waals surface area contributed by atoms with E-state index in [-0.39, 0.29) is 0 Å². The molecule has 21 heavy (non-hydrogen) atoms. The summed E-state index contributed by atoms with van der Waals surface area (Å²) in [5.74, 6) is 1.48. The molecular formula is C14H13Cl2O3PS. The highest BCUT2D eigenvalue weighted by Crippen LogP contribution is 2.59. The monoisotopic (exact) mass is 362 g/mol. The standard InChI is InChI=1S/C14H13Cl2O3PS/c1-2-21-20(17,18-13-7-3-11(15)4-8-13)19-14-9-5-12(16)6-10-14/h3-10H,2H2,1H3. The van der Waals surface area contributed by atoms with E-state index >= 15 is 0 Å². The second-order valence-electron chi connectivity index (χ2n) is 3.96. The van der Waals surface area contributed by atoms with Crippen LogP contribution in [0, 0.1) is 0 Å². The summed E-state index contributed by atoms with van der Waals surface area (Å²) in [5, 5.41) is 1.16. The van der Waals surface area contributed by atoms with Crippen LogP contribution in [0.1, 0.15) is 6.92 Å². The predicted octanol–water partition coefficient (Wildman–Crippen LogP) is 6.31. The molecule has 2 aromatic carbocycles. The fourth-order valence-corrected chi connectivity index (χ4v) is 4.73. The lowest BCUT2D eigenvalue weighted by molar-refractivity contribution is 0.408. The van der Waals surface area contributed by atoms with Gasteiger partial charge >= 0.3 is 6.80 Å². The van der Waals surface area contributed by atoms with E-state index in [1.54, 1.807) is 48.5 Å². The maximum Gasteiger partial charge on any atom is 0.492 e. The van der Waals surface area contributed by atoms with E-state index < -0.39 is 6.80 Å². The third kappa shape index (κ3) is 5.15. The largest absolute Gasteiger partial charge is 0.492 e. The molecule has 0 atom stereocenters. The Bertz CT molecular complexity index is 580. The Labute approximate surface area is 137 Å². The van der Waals surface area contributed by atoms with Crippen LogP contribution in [-0.2, 0) is 4.57 Å². The van der Waals surface area contributed by atoms with Crippen LogP contribution in [0.15, 0.2) is 48.5 Å². The molecule has 7 heteroatoms. The number of benzene rings is 2. The summed E-state index contributed by atoms with van der Waals surface area (Å²) < 4.78 is 23.8. The van der Waals surface area contributed by atoms with Gasteiger partial charge in [-0.05, 0) is 59.9 Å². The molecule has 0 N–H and O–H groups in total. The van der Waals surface area contributed by atoms with Gasteiger partial charge in [0.05, 0.1) is 0 Å². The van der Waals surface area contributed by atoms with Crippen molar-refractivity contribution in [3.8, 4) is 11.5 Å². The van der Waals surface area contributed by atoms with E-state index in [1.807, 2.05) is 6.92 Å². The van der Waals surface area contributed by atoms with E-state index in [0.29, 0.717) is 27.3 Å². The topological polar surface area (TPSA) is 35.5 Å². The van der Waals surface area contributed by atoms with Gasteiger partial charge in [-0.25, -0.2) is 4.57 Å². The van der Waals surface area contributed by atoms with E-state index in [4.69, 9.17) is 32.2 Å². The maximum absolute atomic E-state index is 12.8. The third-order valence-electron chi connectivity index (χ3n) is 2.35. The molecule has 2 aromatic rings. The summed E-state index contributed by atoms with van der Waals surface area (Å²) in [6.07, 6.45) is 0. The first kappa shape index (κ1) is 16.6. The van der Waals surface area contributed by atoms with Gasteiger partial charge in [0.25, 0.3) is 0 Å². The molecule has 0 aliphatic carbocycles. The molecule has 0 unspecified atom stereocenters. The molecule has 112 valence electrons. The minimum atomic E-state index is -3.36. The molecule has 0 saturated heterocycles. The van der Waals surface area contributed by atoms with Crippen LogP contribution >= 0.6 is 41.4 Å². The summed E-state index contributed by atoms with van der Waals surface area (Å²) in [5.41, 5.74) is 0. The first-order valence-electron chi connectivity index (χ1n) is 6.16. The molecule has 0 aromatic heterocycles. The lowest BCUT2D eigenvalue weighted by Crippen LogP contribution is -1.98. The van der Waals surface area contributed by atoms with Crippen molar-refractivity contribution in [3.05, 3.63) is 58.6 Å². The summed E-state index contributed by atoms with van der Waals surface area (Å²) in [6.45, 7) is -1.48. The van der Waals surface area contributed by atoms with Gasteiger partial charge in [-0.1, -0.05) is 30.1 Å². The van der Waals surface area contributed by atoms with Gasteiger partial charge in [0.15, 0.2) is 0 Å². The Kier molecular flexibility index (Phi) is 5.88. The average molecular weight is 363 g/mol. The summed E-state index contributed by atoms with van der Waals surface area (Å²) in [6, 6.07) is 13.3. The molecule has 2 rings (SSSR count). The number of halogens is 2. The van der Waals surface area contributed by atoms with Gasteiger partial charge in [-0.2, -0.15) is 0 Å². The predicted molar refractivity (Wildman–Crippen MR) is 89.9 cm³/mol. The Morgan fingerprint density at radius 1 is 0.905 bits per heavy atom. The average Bonchev–Trinajstić information content (AvgIpc) is 2.44. The molecule has 0 saturated carbocycles. The van der Waals surface area contributed by atoms with E-state index in [9.17, 15) is 4.57 Å². The van der Waals surface area contributed by atoms with Gasteiger partial charge in [0.1, 0.15) is 11.5 Å².